The molecule has 1 amide bonds. The normalized spacial score (nSPS) is 15.8. The van der Waals surface area contributed by atoms with Crippen LogP contribution in [0.15, 0.2) is 18.3 Å². The molecule has 0 saturated carbocycles. The van der Waals surface area contributed by atoms with Gasteiger partial charge in [0.1, 0.15) is 0 Å². The molecule has 0 aromatic carbocycles. The largest absolute Gasteiger partial charge is 0.365 e. The van der Waals surface area contributed by atoms with Gasteiger partial charge < -0.3 is 19.9 Å². The first-order valence-corrected chi connectivity index (χ1v) is 5.25. The van der Waals surface area contributed by atoms with E-state index in [1.54, 1.807) is 11.0 Å². The van der Waals surface area contributed by atoms with Gasteiger partial charge in [-0.3, -0.25) is 4.79 Å². The smallest absolute Gasteiger partial charge is 0.363 e. The number of pyridine rings is 1. The van der Waals surface area contributed by atoms with Gasteiger partial charge in [0.25, 0.3) is 0 Å². The molecule has 0 N–H and O–H groups in total. The zero-order valence-electron chi connectivity index (χ0n) is 9.15. The van der Waals surface area contributed by atoms with Crippen molar-refractivity contribution in [2.24, 2.45) is 0 Å². The van der Waals surface area contributed by atoms with Crippen LogP contribution in [0.1, 0.15) is 0 Å². The van der Waals surface area contributed by atoms with Crippen molar-refractivity contribution in [1.29, 1.82) is 0 Å². The van der Waals surface area contributed by atoms with Crippen LogP contribution < -0.4 is 4.90 Å². The number of piperazine rings is 1. The van der Waals surface area contributed by atoms with Crippen molar-refractivity contribution >= 4 is 17.9 Å². The Morgan fingerprint density at radius 3 is 2.47 bits per heavy atom. The fraction of sp³-hybridized carbons (Fsp3) is 0.400. The third kappa shape index (κ3) is 2.49. The highest BCUT2D eigenvalue weighted by Crippen LogP contribution is 2.17. The lowest BCUT2D eigenvalue weighted by Gasteiger charge is -2.33. The van der Waals surface area contributed by atoms with Gasteiger partial charge >= 0.3 is 5.82 Å². The molecule has 0 bridgehead atoms. The molecule has 0 spiro atoms. The fourth-order valence-corrected chi connectivity index (χ4v) is 1.76. The minimum atomic E-state index is -0.520. The van der Waals surface area contributed by atoms with E-state index < -0.39 is 4.92 Å². The van der Waals surface area contributed by atoms with Gasteiger partial charge in [-0.2, -0.15) is 0 Å². The molecule has 1 aliphatic rings. The highest BCUT2D eigenvalue weighted by molar-refractivity contribution is 5.51. The summed E-state index contributed by atoms with van der Waals surface area (Å²) in [5.41, 5.74) is 0.848. The number of nitro groups is 1. The molecule has 0 atom stereocenters. The molecule has 2 rings (SSSR count). The summed E-state index contributed by atoms with van der Waals surface area (Å²) >= 11 is 0. The van der Waals surface area contributed by atoms with Crippen LogP contribution >= 0.6 is 0 Å². The van der Waals surface area contributed by atoms with E-state index in [0.29, 0.717) is 13.1 Å². The number of aromatic nitrogens is 1. The van der Waals surface area contributed by atoms with Crippen LogP contribution in [-0.2, 0) is 4.79 Å². The molecule has 1 aliphatic heterocycles. The van der Waals surface area contributed by atoms with E-state index in [2.05, 4.69) is 9.88 Å². The number of rotatable bonds is 3. The van der Waals surface area contributed by atoms with Crippen LogP contribution in [0.3, 0.4) is 0 Å². The first-order valence-electron chi connectivity index (χ1n) is 5.25. The summed E-state index contributed by atoms with van der Waals surface area (Å²) in [5.74, 6) is -0.153. The number of nitrogens with zero attached hydrogens (tertiary/aromatic N) is 4. The molecule has 0 unspecified atom stereocenters. The summed E-state index contributed by atoms with van der Waals surface area (Å²) < 4.78 is 0. The van der Waals surface area contributed by atoms with Crippen molar-refractivity contribution in [1.82, 2.24) is 9.88 Å². The van der Waals surface area contributed by atoms with E-state index in [0.717, 1.165) is 25.2 Å². The van der Waals surface area contributed by atoms with Gasteiger partial charge in [0.2, 0.25) is 6.41 Å². The molecule has 1 aromatic rings. The van der Waals surface area contributed by atoms with Crippen LogP contribution in [0.25, 0.3) is 0 Å². The molecule has 0 radical (unpaired) electrons. The van der Waals surface area contributed by atoms with Crippen molar-refractivity contribution in [2.45, 2.75) is 0 Å². The molecule has 2 heterocycles. The van der Waals surface area contributed by atoms with Crippen molar-refractivity contribution in [2.75, 3.05) is 31.1 Å². The Hall–Kier alpha value is -2.18. The molecule has 1 aromatic heterocycles. The number of carbonyl (C=O) groups excluding carboxylic acids is 1. The fourth-order valence-electron chi connectivity index (χ4n) is 1.76. The first kappa shape index (κ1) is 11.3. The quantitative estimate of drug-likeness (QED) is 0.427. The predicted octanol–water partition coefficient (Wildman–Crippen LogP) is 0.268. The number of anilines is 1. The van der Waals surface area contributed by atoms with Crippen molar-refractivity contribution in [3.63, 3.8) is 0 Å². The number of hydrogen-bond donors (Lipinski definition) is 0. The Kier molecular flexibility index (Phi) is 3.17. The minimum Gasteiger partial charge on any atom is -0.365 e. The second-order valence-electron chi connectivity index (χ2n) is 3.76. The summed E-state index contributed by atoms with van der Waals surface area (Å²) in [7, 11) is 0. The summed E-state index contributed by atoms with van der Waals surface area (Å²) in [6, 6.07) is 3.07. The van der Waals surface area contributed by atoms with E-state index in [1.165, 1.54) is 12.3 Å². The highest BCUT2D eigenvalue weighted by Gasteiger charge is 2.17. The second-order valence-corrected chi connectivity index (χ2v) is 3.76. The van der Waals surface area contributed by atoms with Crippen LogP contribution in [0.5, 0.6) is 0 Å². The Morgan fingerprint density at radius 2 is 2.00 bits per heavy atom. The Labute approximate surface area is 97.8 Å². The van der Waals surface area contributed by atoms with E-state index in [4.69, 9.17) is 0 Å². The Balaban J connectivity index is 2.03. The van der Waals surface area contributed by atoms with Gasteiger partial charge in [-0.25, -0.2) is 0 Å². The standard InChI is InChI=1S/C10H12N4O3/c15-8-12-3-5-13(6-4-12)9-1-2-10(11-7-9)14(16)17/h1-2,7-8H,3-6H2. The molecule has 17 heavy (non-hydrogen) atoms. The third-order valence-corrected chi connectivity index (χ3v) is 2.75. The van der Waals surface area contributed by atoms with E-state index in [-0.39, 0.29) is 5.82 Å². The molecule has 0 aliphatic carbocycles. The molecule has 90 valence electrons. The third-order valence-electron chi connectivity index (χ3n) is 2.75. The van der Waals surface area contributed by atoms with Crippen molar-refractivity contribution in [3.05, 3.63) is 28.4 Å². The van der Waals surface area contributed by atoms with Crippen molar-refractivity contribution < 1.29 is 9.72 Å². The number of amides is 1. The van der Waals surface area contributed by atoms with Crippen molar-refractivity contribution in [3.8, 4) is 0 Å². The summed E-state index contributed by atoms with van der Waals surface area (Å²) in [6.45, 7) is 2.78. The lowest BCUT2D eigenvalue weighted by molar-refractivity contribution is -0.389. The Bertz CT molecular complexity index is 412. The average Bonchev–Trinajstić information content (AvgIpc) is 2.39. The first-order chi connectivity index (χ1) is 8.20. The lowest BCUT2D eigenvalue weighted by atomic mass is 10.3. The van der Waals surface area contributed by atoms with Gasteiger partial charge in [-0.15, -0.1) is 0 Å². The van der Waals surface area contributed by atoms with Crippen LogP contribution in [0.4, 0.5) is 11.5 Å². The summed E-state index contributed by atoms with van der Waals surface area (Å²) in [6.07, 6.45) is 2.33. The van der Waals surface area contributed by atoms with E-state index in [1.807, 2.05) is 0 Å². The van der Waals surface area contributed by atoms with Gasteiger partial charge in [-0.05, 0) is 16.0 Å². The SMILES string of the molecule is O=CN1CCN(c2ccc([N+](=O)[O-])nc2)CC1. The molecular formula is C10H12N4O3. The van der Waals surface area contributed by atoms with E-state index >= 15 is 0 Å². The topological polar surface area (TPSA) is 79.6 Å². The molecule has 1 fully saturated rings. The van der Waals surface area contributed by atoms with Gasteiger partial charge in [-0.1, -0.05) is 0 Å². The zero-order chi connectivity index (χ0) is 12.3. The number of hydrogen-bond acceptors (Lipinski definition) is 5. The molecule has 7 heteroatoms. The summed E-state index contributed by atoms with van der Waals surface area (Å²) in [5, 5.41) is 10.5. The lowest BCUT2D eigenvalue weighted by Crippen LogP contribution is -2.45. The van der Waals surface area contributed by atoms with E-state index in [9.17, 15) is 14.9 Å². The minimum absolute atomic E-state index is 0.153. The predicted molar refractivity (Wildman–Crippen MR) is 60.7 cm³/mol. The zero-order valence-corrected chi connectivity index (χ0v) is 9.15. The average molecular weight is 236 g/mol. The highest BCUT2D eigenvalue weighted by atomic mass is 16.6. The van der Waals surface area contributed by atoms with Gasteiger partial charge in [0.05, 0.1) is 5.69 Å². The van der Waals surface area contributed by atoms with Gasteiger partial charge in [0, 0.05) is 32.2 Å². The monoisotopic (exact) mass is 236 g/mol. The maximum Gasteiger partial charge on any atom is 0.363 e. The van der Waals surface area contributed by atoms with Gasteiger partial charge in [0.15, 0.2) is 6.20 Å². The van der Waals surface area contributed by atoms with Crippen LogP contribution in [0, 0.1) is 10.1 Å². The molecule has 7 nitrogen and oxygen atoms in total. The van der Waals surface area contributed by atoms with Crippen LogP contribution in [0.2, 0.25) is 0 Å². The second kappa shape index (κ2) is 4.77. The Morgan fingerprint density at radius 1 is 1.29 bits per heavy atom. The number of carbonyl (C=O) groups is 1. The molecular weight excluding hydrogens is 224 g/mol. The molecule has 1 saturated heterocycles. The van der Waals surface area contributed by atoms with Crippen LogP contribution in [-0.4, -0.2) is 47.4 Å². The maximum absolute atomic E-state index is 10.5. The summed E-state index contributed by atoms with van der Waals surface area (Å²) in [4.78, 5) is 28.0. The maximum atomic E-state index is 10.5.